The molecule has 4 aromatic rings. The highest BCUT2D eigenvalue weighted by molar-refractivity contribution is 5.97. The average molecular weight is 387 g/mol. The number of hydrogen-bond acceptors (Lipinski definition) is 3. The number of carbonyl (C=O) groups is 1. The van der Waals surface area contributed by atoms with Crippen LogP contribution in [-0.4, -0.2) is 20.1 Å². The summed E-state index contributed by atoms with van der Waals surface area (Å²) in [5, 5.41) is 4.42. The second-order valence-electron chi connectivity index (χ2n) is 6.80. The lowest BCUT2D eigenvalue weighted by molar-refractivity contribution is 0.101. The first-order valence-corrected chi connectivity index (χ1v) is 9.06. The summed E-state index contributed by atoms with van der Waals surface area (Å²) < 4.78 is 16.5. The second kappa shape index (κ2) is 7.31. The molecule has 0 saturated heterocycles. The first-order valence-electron chi connectivity index (χ1n) is 9.06. The van der Waals surface area contributed by atoms with E-state index < -0.39 is 0 Å². The molecule has 0 amide bonds. The lowest BCUT2D eigenvalue weighted by Crippen LogP contribution is -2.15. The number of aromatic nitrogens is 3. The molecule has 5 nitrogen and oxygen atoms in total. The van der Waals surface area contributed by atoms with E-state index in [9.17, 15) is 14.0 Å². The largest absolute Gasteiger partial charge is 0.318 e. The number of rotatable bonds is 4. The molecule has 2 aromatic heterocycles. The molecule has 2 aromatic carbocycles. The summed E-state index contributed by atoms with van der Waals surface area (Å²) in [6.45, 7) is 1.52. The van der Waals surface area contributed by atoms with E-state index in [1.54, 1.807) is 42.3 Å². The monoisotopic (exact) mass is 387 g/mol. The van der Waals surface area contributed by atoms with Gasteiger partial charge >= 0.3 is 0 Å². The van der Waals surface area contributed by atoms with Crippen LogP contribution in [0, 0.1) is 5.82 Å². The molecule has 0 saturated carbocycles. The van der Waals surface area contributed by atoms with Crippen LogP contribution in [-0.2, 0) is 7.05 Å². The minimum atomic E-state index is -0.340. The summed E-state index contributed by atoms with van der Waals surface area (Å²) in [6, 6.07) is 14.8. The molecule has 0 radical (unpaired) electrons. The van der Waals surface area contributed by atoms with Crippen molar-refractivity contribution in [3.63, 3.8) is 0 Å². The van der Waals surface area contributed by atoms with Crippen molar-refractivity contribution < 1.29 is 9.18 Å². The van der Waals surface area contributed by atoms with E-state index in [4.69, 9.17) is 0 Å². The topological polar surface area (TPSA) is 56.9 Å². The van der Waals surface area contributed by atoms with Gasteiger partial charge in [-0.25, -0.2) is 9.07 Å². The molecule has 4 rings (SSSR count). The van der Waals surface area contributed by atoms with E-state index >= 15 is 0 Å². The number of pyridine rings is 1. The lowest BCUT2D eigenvalue weighted by atomic mass is 9.98. The molecule has 144 valence electrons. The number of aryl methyl sites for hydroxylation is 1. The number of carbonyl (C=O) groups excluding carboxylic acids is 1. The molecule has 0 unspecified atom stereocenters. The van der Waals surface area contributed by atoms with Gasteiger partial charge in [-0.1, -0.05) is 24.3 Å². The maximum Gasteiger partial charge on any atom is 0.250 e. The van der Waals surface area contributed by atoms with Crippen molar-refractivity contribution in [1.82, 2.24) is 14.3 Å². The standard InChI is InChI=1S/C23H18FN3O2/c1-15(28)19-5-3-4-6-22(19)27-13-17(12-25-27)21-14-26(2)23(29)11-20(21)16-7-9-18(24)10-8-16/h3-14H,1-2H3. The van der Waals surface area contributed by atoms with E-state index in [0.29, 0.717) is 16.8 Å². The molecule has 29 heavy (non-hydrogen) atoms. The average Bonchev–Trinajstić information content (AvgIpc) is 3.20. The molecule has 0 aliphatic heterocycles. The van der Waals surface area contributed by atoms with E-state index in [1.165, 1.54) is 29.7 Å². The third-order valence-corrected chi connectivity index (χ3v) is 4.81. The summed E-state index contributed by atoms with van der Waals surface area (Å²) in [4.78, 5) is 24.2. The Morgan fingerprint density at radius 3 is 2.41 bits per heavy atom. The maximum absolute atomic E-state index is 13.4. The van der Waals surface area contributed by atoms with Gasteiger partial charge in [-0.3, -0.25) is 9.59 Å². The van der Waals surface area contributed by atoms with Gasteiger partial charge in [0.15, 0.2) is 5.78 Å². The fourth-order valence-corrected chi connectivity index (χ4v) is 3.29. The van der Waals surface area contributed by atoms with Crippen LogP contribution in [0.1, 0.15) is 17.3 Å². The summed E-state index contributed by atoms with van der Waals surface area (Å²) >= 11 is 0. The third-order valence-electron chi connectivity index (χ3n) is 4.81. The zero-order valence-electron chi connectivity index (χ0n) is 16.0. The molecule has 0 bridgehead atoms. The Labute approximate surface area is 166 Å². The Bertz CT molecular complexity index is 1270. The number of halogens is 1. The predicted molar refractivity (Wildman–Crippen MR) is 110 cm³/mol. The van der Waals surface area contributed by atoms with Crippen LogP contribution in [0.3, 0.4) is 0 Å². The van der Waals surface area contributed by atoms with Crippen molar-refractivity contribution in [1.29, 1.82) is 0 Å². The van der Waals surface area contributed by atoms with Crippen LogP contribution in [0.5, 0.6) is 0 Å². The Morgan fingerprint density at radius 1 is 0.966 bits per heavy atom. The molecule has 0 N–H and O–H groups in total. The van der Waals surface area contributed by atoms with Gasteiger partial charge in [-0.2, -0.15) is 5.10 Å². The van der Waals surface area contributed by atoms with Gasteiger partial charge in [-0.15, -0.1) is 0 Å². The lowest BCUT2D eigenvalue weighted by Gasteiger charge is -2.10. The minimum absolute atomic E-state index is 0.0493. The van der Waals surface area contributed by atoms with Crippen molar-refractivity contribution in [2.24, 2.45) is 7.05 Å². The number of ketones is 1. The molecule has 0 aliphatic carbocycles. The zero-order valence-corrected chi connectivity index (χ0v) is 16.0. The van der Waals surface area contributed by atoms with Gasteiger partial charge in [0.05, 0.1) is 11.9 Å². The smallest absolute Gasteiger partial charge is 0.250 e. The molecule has 0 fully saturated rings. The SMILES string of the molecule is CC(=O)c1ccccc1-n1cc(-c2cn(C)c(=O)cc2-c2ccc(F)cc2)cn1. The van der Waals surface area contributed by atoms with Crippen molar-refractivity contribution in [3.8, 4) is 27.9 Å². The molecule has 2 heterocycles. The van der Waals surface area contributed by atoms with E-state index in [0.717, 1.165) is 16.7 Å². The van der Waals surface area contributed by atoms with E-state index in [2.05, 4.69) is 5.10 Å². The van der Waals surface area contributed by atoms with Crippen molar-refractivity contribution in [3.05, 3.63) is 94.9 Å². The van der Waals surface area contributed by atoms with Gasteiger partial charge in [0.2, 0.25) is 0 Å². The summed E-state index contributed by atoms with van der Waals surface area (Å²) in [5.74, 6) is -0.389. The fraction of sp³-hybridized carbons (Fsp3) is 0.0870. The first-order chi connectivity index (χ1) is 13.9. The molecule has 0 atom stereocenters. The highest BCUT2D eigenvalue weighted by Gasteiger charge is 2.14. The zero-order chi connectivity index (χ0) is 20.5. The molecule has 0 spiro atoms. The van der Waals surface area contributed by atoms with Crippen LogP contribution >= 0.6 is 0 Å². The van der Waals surface area contributed by atoms with Crippen LogP contribution in [0.15, 0.2) is 78.0 Å². The summed E-state index contributed by atoms with van der Waals surface area (Å²) in [5.41, 5.74) is 4.06. The van der Waals surface area contributed by atoms with Crippen LogP contribution in [0.25, 0.3) is 27.9 Å². The van der Waals surface area contributed by atoms with Crippen molar-refractivity contribution in [2.45, 2.75) is 6.92 Å². The quantitative estimate of drug-likeness (QED) is 0.492. The third kappa shape index (κ3) is 3.52. The van der Waals surface area contributed by atoms with Crippen molar-refractivity contribution >= 4 is 5.78 Å². The Kier molecular flexibility index (Phi) is 4.68. The van der Waals surface area contributed by atoms with Crippen molar-refractivity contribution in [2.75, 3.05) is 0 Å². The summed E-state index contributed by atoms with van der Waals surface area (Å²) in [6.07, 6.45) is 5.23. The normalized spacial score (nSPS) is 10.9. The molecular weight excluding hydrogens is 369 g/mol. The fourth-order valence-electron chi connectivity index (χ4n) is 3.29. The highest BCUT2D eigenvalue weighted by Crippen LogP contribution is 2.31. The van der Waals surface area contributed by atoms with Crippen LogP contribution < -0.4 is 5.56 Å². The number of nitrogens with zero attached hydrogens (tertiary/aromatic N) is 3. The first kappa shape index (κ1) is 18.6. The Balaban J connectivity index is 1.87. The van der Waals surface area contributed by atoms with Gasteiger partial charge in [0.25, 0.3) is 5.56 Å². The van der Waals surface area contributed by atoms with Gasteiger partial charge in [0, 0.05) is 42.2 Å². The van der Waals surface area contributed by atoms with Gasteiger partial charge in [-0.05, 0) is 42.3 Å². The number of Topliss-reactive ketones (excluding diaryl/α,β-unsaturated/α-hetero) is 1. The molecular formula is C23H18FN3O2. The van der Waals surface area contributed by atoms with E-state index in [-0.39, 0.29) is 17.2 Å². The number of benzene rings is 2. The van der Waals surface area contributed by atoms with Crippen LogP contribution in [0.4, 0.5) is 4.39 Å². The molecule has 6 heteroatoms. The Morgan fingerprint density at radius 2 is 1.69 bits per heavy atom. The van der Waals surface area contributed by atoms with Gasteiger partial charge in [0.1, 0.15) is 5.82 Å². The predicted octanol–water partition coefficient (Wildman–Crippen LogP) is 4.25. The summed E-state index contributed by atoms with van der Waals surface area (Å²) in [7, 11) is 1.68. The highest BCUT2D eigenvalue weighted by atomic mass is 19.1. The number of para-hydroxylation sites is 1. The number of hydrogen-bond donors (Lipinski definition) is 0. The van der Waals surface area contributed by atoms with E-state index in [1.807, 2.05) is 24.4 Å². The Hall–Kier alpha value is -3.80. The molecule has 0 aliphatic rings. The van der Waals surface area contributed by atoms with Gasteiger partial charge < -0.3 is 4.57 Å². The van der Waals surface area contributed by atoms with Crippen LogP contribution in [0.2, 0.25) is 0 Å². The maximum atomic E-state index is 13.4. The second-order valence-corrected chi connectivity index (χ2v) is 6.80. The minimum Gasteiger partial charge on any atom is -0.318 e.